The van der Waals surface area contributed by atoms with Crippen molar-refractivity contribution in [3.63, 3.8) is 0 Å². The van der Waals surface area contributed by atoms with Crippen molar-refractivity contribution in [2.75, 3.05) is 0 Å². The van der Waals surface area contributed by atoms with E-state index in [1.165, 1.54) is 4.90 Å². The number of urea groups is 1. The number of H-pyrrole nitrogens is 1. The van der Waals surface area contributed by atoms with Gasteiger partial charge in [-0.15, -0.1) is 0 Å². The Morgan fingerprint density at radius 2 is 1.70 bits per heavy atom. The van der Waals surface area contributed by atoms with E-state index in [1.54, 1.807) is 12.5 Å². The van der Waals surface area contributed by atoms with Crippen molar-refractivity contribution in [1.82, 2.24) is 20.2 Å². The van der Waals surface area contributed by atoms with E-state index in [4.69, 9.17) is 0 Å². The Labute approximate surface area is 157 Å². The molecule has 1 aliphatic rings. The van der Waals surface area contributed by atoms with E-state index in [2.05, 4.69) is 15.3 Å². The molecule has 3 amide bonds. The number of imidazole rings is 1. The second kappa shape index (κ2) is 7.45. The maximum absolute atomic E-state index is 13.1. The zero-order valence-corrected chi connectivity index (χ0v) is 14.7. The van der Waals surface area contributed by atoms with E-state index in [9.17, 15) is 9.59 Å². The fraction of sp³-hybridized carbons (Fsp3) is 0.190. The molecule has 0 saturated carbocycles. The highest BCUT2D eigenvalue weighted by molar-refractivity contribution is 6.04. The predicted molar refractivity (Wildman–Crippen MR) is 101 cm³/mol. The van der Waals surface area contributed by atoms with Gasteiger partial charge in [-0.25, -0.2) is 9.78 Å². The molecule has 1 fully saturated rings. The van der Waals surface area contributed by atoms with E-state index in [0.717, 1.165) is 16.8 Å². The van der Waals surface area contributed by atoms with Crippen LogP contribution >= 0.6 is 0 Å². The van der Waals surface area contributed by atoms with Crippen molar-refractivity contribution in [3.8, 4) is 0 Å². The van der Waals surface area contributed by atoms with Crippen LogP contribution in [-0.2, 0) is 17.6 Å². The number of benzene rings is 2. The summed E-state index contributed by atoms with van der Waals surface area (Å²) in [7, 11) is 0. The van der Waals surface area contributed by atoms with Gasteiger partial charge in [0.1, 0.15) is 6.04 Å². The minimum atomic E-state index is -0.583. The maximum Gasteiger partial charge on any atom is 0.325 e. The fourth-order valence-electron chi connectivity index (χ4n) is 3.47. The first-order valence-electron chi connectivity index (χ1n) is 8.92. The lowest BCUT2D eigenvalue weighted by atomic mass is 9.97. The normalized spacial score (nSPS) is 17.8. The highest BCUT2D eigenvalue weighted by atomic mass is 16.2. The molecule has 136 valence electrons. The van der Waals surface area contributed by atoms with Gasteiger partial charge in [0.25, 0.3) is 5.91 Å². The van der Waals surface area contributed by atoms with Gasteiger partial charge in [0.05, 0.1) is 12.4 Å². The highest BCUT2D eigenvalue weighted by Gasteiger charge is 2.42. The van der Waals surface area contributed by atoms with Crippen molar-refractivity contribution in [1.29, 1.82) is 0 Å². The molecule has 0 aliphatic carbocycles. The van der Waals surface area contributed by atoms with Crippen LogP contribution in [0.5, 0.6) is 0 Å². The summed E-state index contributed by atoms with van der Waals surface area (Å²) < 4.78 is 0. The molecule has 6 heteroatoms. The van der Waals surface area contributed by atoms with Crippen molar-refractivity contribution in [2.45, 2.75) is 24.9 Å². The molecule has 1 aliphatic heterocycles. The lowest BCUT2D eigenvalue weighted by molar-refractivity contribution is -0.129. The minimum absolute atomic E-state index is 0.209. The molecular formula is C21H20N4O2. The molecule has 0 radical (unpaired) electrons. The number of nitrogens with one attached hydrogen (secondary N) is 2. The van der Waals surface area contributed by atoms with Gasteiger partial charge in [0.2, 0.25) is 0 Å². The van der Waals surface area contributed by atoms with Crippen LogP contribution in [0.1, 0.15) is 22.9 Å². The summed E-state index contributed by atoms with van der Waals surface area (Å²) in [5.74, 6) is -0.209. The molecule has 2 aromatic carbocycles. The quantitative estimate of drug-likeness (QED) is 0.664. The van der Waals surface area contributed by atoms with E-state index in [-0.39, 0.29) is 18.0 Å². The Morgan fingerprint density at radius 3 is 2.37 bits per heavy atom. The first-order chi connectivity index (χ1) is 13.2. The second-order valence-electron chi connectivity index (χ2n) is 6.61. The molecular weight excluding hydrogens is 340 g/mol. The number of nitrogens with zero attached hydrogens (tertiary/aromatic N) is 2. The average molecular weight is 360 g/mol. The molecule has 1 saturated heterocycles. The standard InChI is InChI=1S/C21H20N4O2/c26-20-18(12-17-13-22-14-23-17)24-21(27)25(20)19(16-9-5-2-6-10-16)11-15-7-3-1-4-8-15/h1-10,13-14,18-19H,11-12H2,(H,22,23)(H,24,27)/t18-,19-/m1/s1. The van der Waals surface area contributed by atoms with Gasteiger partial charge in [0.15, 0.2) is 0 Å². The van der Waals surface area contributed by atoms with Crippen molar-refractivity contribution in [3.05, 3.63) is 90.0 Å². The average Bonchev–Trinajstić information content (AvgIpc) is 3.30. The first kappa shape index (κ1) is 17.0. The molecule has 0 spiro atoms. The number of carbonyl (C=O) groups is 2. The molecule has 4 rings (SSSR count). The van der Waals surface area contributed by atoms with Gasteiger partial charge < -0.3 is 10.3 Å². The Morgan fingerprint density at radius 1 is 1.00 bits per heavy atom. The van der Waals surface area contributed by atoms with Crippen LogP contribution < -0.4 is 5.32 Å². The number of amides is 3. The molecule has 0 bridgehead atoms. The largest absolute Gasteiger partial charge is 0.348 e. The number of hydrogen-bond acceptors (Lipinski definition) is 3. The molecule has 3 aromatic rings. The first-order valence-corrected chi connectivity index (χ1v) is 8.92. The molecule has 1 aromatic heterocycles. The second-order valence-corrected chi connectivity index (χ2v) is 6.61. The molecule has 2 N–H and O–H groups in total. The summed E-state index contributed by atoms with van der Waals surface area (Å²) in [6, 6.07) is 18.3. The van der Waals surface area contributed by atoms with Gasteiger partial charge in [-0.05, 0) is 17.5 Å². The van der Waals surface area contributed by atoms with Crippen LogP contribution in [0.3, 0.4) is 0 Å². The van der Waals surface area contributed by atoms with E-state index >= 15 is 0 Å². The van der Waals surface area contributed by atoms with Gasteiger partial charge in [-0.1, -0.05) is 60.7 Å². The van der Waals surface area contributed by atoms with E-state index in [1.807, 2.05) is 60.7 Å². The molecule has 2 heterocycles. The smallest absolute Gasteiger partial charge is 0.325 e. The maximum atomic E-state index is 13.1. The van der Waals surface area contributed by atoms with Crippen molar-refractivity contribution >= 4 is 11.9 Å². The summed E-state index contributed by atoms with van der Waals surface area (Å²) in [6.07, 6.45) is 4.20. The number of rotatable bonds is 6. The van der Waals surface area contributed by atoms with E-state index < -0.39 is 6.04 Å². The molecule has 6 nitrogen and oxygen atoms in total. The summed E-state index contributed by atoms with van der Waals surface area (Å²) in [5, 5.41) is 2.82. The minimum Gasteiger partial charge on any atom is -0.348 e. The Balaban J connectivity index is 1.62. The Hall–Kier alpha value is -3.41. The third-order valence-electron chi connectivity index (χ3n) is 4.80. The molecule has 27 heavy (non-hydrogen) atoms. The zero-order valence-electron chi connectivity index (χ0n) is 14.7. The van der Waals surface area contributed by atoms with Gasteiger partial charge in [-0.3, -0.25) is 9.69 Å². The SMILES string of the molecule is O=C1N[C@H](Cc2cnc[nH]2)C(=O)N1[C@H](Cc1ccccc1)c1ccccc1. The van der Waals surface area contributed by atoms with Crippen LogP contribution in [0.15, 0.2) is 73.2 Å². The Bertz CT molecular complexity index is 910. The van der Waals surface area contributed by atoms with Crippen LogP contribution in [-0.4, -0.2) is 32.8 Å². The van der Waals surface area contributed by atoms with Crippen molar-refractivity contribution in [2.24, 2.45) is 0 Å². The lowest BCUT2D eigenvalue weighted by Gasteiger charge is -2.26. The number of imide groups is 1. The lowest BCUT2D eigenvalue weighted by Crippen LogP contribution is -2.37. The number of aromatic nitrogens is 2. The number of carbonyl (C=O) groups excluding carboxylic acids is 2. The summed E-state index contributed by atoms with van der Waals surface area (Å²) >= 11 is 0. The monoisotopic (exact) mass is 360 g/mol. The van der Waals surface area contributed by atoms with Gasteiger partial charge in [-0.2, -0.15) is 0 Å². The highest BCUT2D eigenvalue weighted by Crippen LogP contribution is 2.29. The number of aromatic amines is 1. The summed E-state index contributed by atoms with van der Waals surface area (Å²) in [4.78, 5) is 34.1. The van der Waals surface area contributed by atoms with Gasteiger partial charge >= 0.3 is 6.03 Å². The van der Waals surface area contributed by atoms with Gasteiger partial charge in [0, 0.05) is 18.3 Å². The topological polar surface area (TPSA) is 78.1 Å². The van der Waals surface area contributed by atoms with Crippen LogP contribution in [0.25, 0.3) is 0 Å². The fourth-order valence-corrected chi connectivity index (χ4v) is 3.47. The third-order valence-corrected chi connectivity index (χ3v) is 4.80. The Kier molecular flexibility index (Phi) is 4.70. The predicted octanol–water partition coefficient (Wildman–Crippen LogP) is 2.86. The van der Waals surface area contributed by atoms with E-state index in [0.29, 0.717) is 12.8 Å². The van der Waals surface area contributed by atoms with Crippen LogP contribution in [0, 0.1) is 0 Å². The zero-order chi connectivity index (χ0) is 18.6. The van der Waals surface area contributed by atoms with Crippen LogP contribution in [0.2, 0.25) is 0 Å². The summed E-state index contributed by atoms with van der Waals surface area (Å²) in [6.45, 7) is 0. The van der Waals surface area contributed by atoms with Crippen molar-refractivity contribution < 1.29 is 9.59 Å². The summed E-state index contributed by atoms with van der Waals surface area (Å²) in [5.41, 5.74) is 2.82. The molecule has 2 atom stereocenters. The molecule has 0 unspecified atom stereocenters. The number of hydrogen-bond donors (Lipinski definition) is 2. The van der Waals surface area contributed by atoms with Crippen LogP contribution in [0.4, 0.5) is 4.79 Å². The third kappa shape index (κ3) is 3.60.